The van der Waals surface area contributed by atoms with E-state index in [0.717, 1.165) is 11.8 Å². The minimum absolute atomic E-state index is 0.148. The Hall–Kier alpha value is -1.32. The van der Waals surface area contributed by atoms with E-state index in [4.69, 9.17) is 4.74 Å². The number of fused-ring (bicyclic) bond motifs is 2. The molecule has 2 saturated carbocycles. The van der Waals surface area contributed by atoms with E-state index in [1.54, 1.807) is 6.20 Å². The molecule has 2 fully saturated rings. The van der Waals surface area contributed by atoms with Crippen LogP contribution >= 0.6 is 0 Å². The van der Waals surface area contributed by atoms with Crippen LogP contribution in [-0.4, -0.2) is 22.1 Å². The maximum atomic E-state index is 5.59. The fraction of sp³-hybridized carbons (Fsp3) is 0.714. The molecule has 2 aliphatic carbocycles. The summed E-state index contributed by atoms with van der Waals surface area (Å²) in [6, 6.07) is 2.38. The minimum Gasteiger partial charge on any atom is -0.475 e. The van der Waals surface area contributed by atoms with E-state index in [1.807, 2.05) is 19.9 Å². The number of hydrogen-bond acceptors (Lipinski definition) is 4. The van der Waals surface area contributed by atoms with Gasteiger partial charge < -0.3 is 10.1 Å². The van der Waals surface area contributed by atoms with Crippen molar-refractivity contribution in [1.82, 2.24) is 9.97 Å². The number of aromatic nitrogens is 2. The molecule has 4 heteroatoms. The third-order valence-electron chi connectivity index (χ3n) is 4.04. The first-order valence-electron chi connectivity index (χ1n) is 6.97. The van der Waals surface area contributed by atoms with E-state index in [1.165, 1.54) is 25.7 Å². The zero-order chi connectivity index (χ0) is 12.5. The third-order valence-corrected chi connectivity index (χ3v) is 4.04. The first-order valence-corrected chi connectivity index (χ1v) is 6.97. The molecule has 1 N–H and O–H groups in total. The van der Waals surface area contributed by atoms with Crippen LogP contribution in [0.15, 0.2) is 12.3 Å². The van der Waals surface area contributed by atoms with Crippen LogP contribution < -0.4 is 10.1 Å². The minimum atomic E-state index is 0.148. The van der Waals surface area contributed by atoms with Crippen LogP contribution in [0.5, 0.6) is 5.88 Å². The quantitative estimate of drug-likeness (QED) is 0.888. The van der Waals surface area contributed by atoms with E-state index in [-0.39, 0.29) is 6.10 Å². The van der Waals surface area contributed by atoms with Crippen molar-refractivity contribution in [3.63, 3.8) is 0 Å². The van der Waals surface area contributed by atoms with Crippen LogP contribution in [0.1, 0.15) is 39.5 Å². The Bertz CT molecular complexity index is 421. The van der Waals surface area contributed by atoms with Crippen LogP contribution in [0.3, 0.4) is 0 Å². The van der Waals surface area contributed by atoms with Gasteiger partial charge in [0.25, 0.3) is 0 Å². The van der Waals surface area contributed by atoms with E-state index in [9.17, 15) is 0 Å². The van der Waals surface area contributed by atoms with Gasteiger partial charge in [-0.05, 0) is 44.9 Å². The van der Waals surface area contributed by atoms with Gasteiger partial charge in [0.2, 0.25) is 11.8 Å². The van der Waals surface area contributed by atoms with Gasteiger partial charge >= 0.3 is 0 Å². The molecule has 18 heavy (non-hydrogen) atoms. The largest absolute Gasteiger partial charge is 0.475 e. The van der Waals surface area contributed by atoms with Gasteiger partial charge in [0.1, 0.15) is 0 Å². The van der Waals surface area contributed by atoms with Gasteiger partial charge in [-0.25, -0.2) is 4.98 Å². The van der Waals surface area contributed by atoms with E-state index in [2.05, 4.69) is 15.3 Å². The van der Waals surface area contributed by atoms with Crippen molar-refractivity contribution in [3.05, 3.63) is 12.3 Å². The highest BCUT2D eigenvalue weighted by molar-refractivity contribution is 5.30. The second kappa shape index (κ2) is 4.75. The molecule has 3 rings (SSSR count). The predicted molar refractivity (Wildman–Crippen MR) is 70.7 cm³/mol. The standard InChI is InChI=1S/C14H21N3O/c1-9(2)18-13-5-6-15-14(17-13)16-12-8-10-3-4-11(12)7-10/h5-6,9-12H,3-4,7-8H2,1-2H3,(H,15,16,17). The lowest BCUT2D eigenvalue weighted by molar-refractivity contribution is 0.232. The summed E-state index contributed by atoms with van der Waals surface area (Å²) in [5.41, 5.74) is 0. The molecule has 0 saturated heterocycles. The normalized spacial score (nSPS) is 29.8. The molecule has 0 aliphatic heterocycles. The smallest absolute Gasteiger partial charge is 0.226 e. The van der Waals surface area contributed by atoms with Crippen LogP contribution in [0.4, 0.5) is 5.95 Å². The van der Waals surface area contributed by atoms with Gasteiger partial charge in [-0.2, -0.15) is 4.98 Å². The lowest BCUT2D eigenvalue weighted by atomic mass is 9.95. The molecule has 2 aliphatic rings. The molecule has 1 aromatic rings. The lowest BCUT2D eigenvalue weighted by Crippen LogP contribution is -2.26. The van der Waals surface area contributed by atoms with Gasteiger partial charge in [-0.15, -0.1) is 0 Å². The zero-order valence-corrected chi connectivity index (χ0v) is 11.1. The molecule has 1 aromatic heterocycles. The van der Waals surface area contributed by atoms with Crippen molar-refractivity contribution in [2.75, 3.05) is 5.32 Å². The fourth-order valence-corrected chi connectivity index (χ4v) is 3.31. The number of nitrogens with zero attached hydrogens (tertiary/aromatic N) is 2. The summed E-state index contributed by atoms with van der Waals surface area (Å²) >= 11 is 0. The summed E-state index contributed by atoms with van der Waals surface area (Å²) in [4.78, 5) is 8.71. The Morgan fingerprint density at radius 2 is 2.22 bits per heavy atom. The average Bonchev–Trinajstić information content (AvgIpc) is 2.90. The van der Waals surface area contributed by atoms with Gasteiger partial charge in [0.05, 0.1) is 6.10 Å². The van der Waals surface area contributed by atoms with Crippen molar-refractivity contribution < 1.29 is 4.74 Å². The first kappa shape index (κ1) is 11.8. The van der Waals surface area contributed by atoms with Crippen LogP contribution in [0.2, 0.25) is 0 Å². The number of ether oxygens (including phenoxy) is 1. The average molecular weight is 247 g/mol. The van der Waals surface area contributed by atoms with E-state index in [0.29, 0.717) is 17.9 Å². The highest BCUT2D eigenvalue weighted by Gasteiger charge is 2.39. The second-order valence-corrected chi connectivity index (χ2v) is 5.81. The second-order valence-electron chi connectivity index (χ2n) is 5.81. The van der Waals surface area contributed by atoms with E-state index >= 15 is 0 Å². The molecule has 0 amide bonds. The lowest BCUT2D eigenvalue weighted by Gasteiger charge is -2.22. The maximum absolute atomic E-state index is 5.59. The third kappa shape index (κ3) is 2.42. The monoisotopic (exact) mass is 247 g/mol. The fourth-order valence-electron chi connectivity index (χ4n) is 3.31. The van der Waals surface area contributed by atoms with E-state index < -0.39 is 0 Å². The first-order chi connectivity index (χ1) is 8.70. The molecule has 3 atom stereocenters. The SMILES string of the molecule is CC(C)Oc1ccnc(NC2CC3CCC2C3)n1. The Morgan fingerprint density at radius 1 is 1.33 bits per heavy atom. The molecular weight excluding hydrogens is 226 g/mol. The summed E-state index contributed by atoms with van der Waals surface area (Å²) in [7, 11) is 0. The topological polar surface area (TPSA) is 47.0 Å². The Morgan fingerprint density at radius 3 is 2.89 bits per heavy atom. The van der Waals surface area contributed by atoms with Crippen molar-refractivity contribution in [3.8, 4) is 5.88 Å². The molecule has 98 valence electrons. The summed E-state index contributed by atoms with van der Waals surface area (Å²) in [5, 5.41) is 3.48. The zero-order valence-electron chi connectivity index (χ0n) is 11.1. The Balaban J connectivity index is 1.65. The number of hydrogen-bond donors (Lipinski definition) is 1. The maximum Gasteiger partial charge on any atom is 0.226 e. The van der Waals surface area contributed by atoms with Gasteiger partial charge in [-0.1, -0.05) is 6.42 Å². The summed E-state index contributed by atoms with van der Waals surface area (Å²) < 4.78 is 5.59. The molecule has 0 aromatic carbocycles. The Kier molecular flexibility index (Phi) is 3.10. The van der Waals surface area contributed by atoms with Crippen LogP contribution in [0.25, 0.3) is 0 Å². The van der Waals surface area contributed by atoms with Gasteiger partial charge in [0, 0.05) is 18.3 Å². The molecule has 1 heterocycles. The highest BCUT2D eigenvalue weighted by Crippen LogP contribution is 2.45. The molecule has 0 spiro atoms. The highest BCUT2D eigenvalue weighted by atomic mass is 16.5. The van der Waals surface area contributed by atoms with Gasteiger partial charge in [0.15, 0.2) is 0 Å². The Labute approximate surface area is 108 Å². The van der Waals surface area contributed by atoms with Crippen molar-refractivity contribution in [1.29, 1.82) is 0 Å². The summed E-state index contributed by atoms with van der Waals surface area (Å²) in [5.74, 6) is 3.13. The number of anilines is 1. The summed E-state index contributed by atoms with van der Waals surface area (Å²) in [6.45, 7) is 4.01. The molecular formula is C14H21N3O. The van der Waals surface area contributed by atoms with Crippen LogP contribution in [-0.2, 0) is 0 Å². The predicted octanol–water partition coefficient (Wildman–Crippen LogP) is 2.86. The van der Waals surface area contributed by atoms with Crippen molar-refractivity contribution in [2.24, 2.45) is 11.8 Å². The summed E-state index contributed by atoms with van der Waals surface area (Å²) in [6.07, 6.45) is 7.36. The van der Waals surface area contributed by atoms with Crippen molar-refractivity contribution >= 4 is 5.95 Å². The molecule has 3 unspecified atom stereocenters. The molecule has 4 nitrogen and oxygen atoms in total. The molecule has 2 bridgehead atoms. The van der Waals surface area contributed by atoms with Crippen molar-refractivity contribution in [2.45, 2.75) is 51.7 Å². The molecule has 0 radical (unpaired) electrons. The van der Waals surface area contributed by atoms with Crippen LogP contribution in [0, 0.1) is 11.8 Å². The number of rotatable bonds is 4. The van der Waals surface area contributed by atoms with Gasteiger partial charge in [-0.3, -0.25) is 0 Å². The number of nitrogens with one attached hydrogen (secondary N) is 1.